The number of ether oxygens (including phenoxy) is 1. The molecule has 19 atom stereocenters. The zero-order valence-electron chi connectivity index (χ0n) is 66.6. The number of nitrogens with zero attached hydrogens (tertiary/aromatic N) is 6. The maximum atomic E-state index is 13.5. The Morgan fingerprint density at radius 3 is 1.51 bits per heavy atom. The highest BCUT2D eigenvalue weighted by atomic mass is 31.2. The van der Waals surface area contributed by atoms with Crippen LogP contribution in [0.15, 0.2) is 33.6 Å². The second kappa shape index (κ2) is 36.3. The van der Waals surface area contributed by atoms with Crippen molar-refractivity contribution in [1.29, 1.82) is 5.26 Å². The maximum absolute atomic E-state index is 13.5. The number of ketones is 1. The minimum atomic E-state index is -1.35. The molecule has 0 bridgehead atoms. The van der Waals surface area contributed by atoms with Gasteiger partial charge in [-0.15, -0.1) is 0 Å². The second-order valence-corrected chi connectivity index (χ2v) is 37.7. The minimum absolute atomic E-state index is 0.0140. The molecule has 0 N–H and O–H groups in total. The Labute approximate surface area is 614 Å². The highest BCUT2D eigenvalue weighted by Gasteiger charge is 2.61. The van der Waals surface area contributed by atoms with Crippen molar-refractivity contribution in [3.8, 4) is 6.07 Å². The molecule has 2 aliphatic heterocycles. The third kappa shape index (κ3) is 19.0. The average molecular weight is 1420 g/mol. The van der Waals surface area contributed by atoms with E-state index in [0.717, 1.165) is 140 Å². The van der Waals surface area contributed by atoms with Crippen molar-refractivity contribution in [1.82, 2.24) is 14.5 Å². The lowest BCUT2D eigenvalue weighted by Crippen LogP contribution is -2.50. The quantitative estimate of drug-likeness (QED) is 0.0213. The number of hydrogen-bond acceptors (Lipinski definition) is 13. The van der Waals surface area contributed by atoms with Crippen molar-refractivity contribution in [2.45, 2.75) is 347 Å². The molecule has 0 aromatic carbocycles. The summed E-state index contributed by atoms with van der Waals surface area (Å²) >= 11 is 0. The third-order valence-corrected chi connectivity index (χ3v) is 30.8. The predicted molar refractivity (Wildman–Crippen MR) is 408 cm³/mol. The molecule has 8 fully saturated rings. The molecule has 101 heavy (non-hydrogen) atoms. The van der Waals surface area contributed by atoms with Gasteiger partial charge in [0, 0.05) is 62.8 Å². The Balaban J connectivity index is 0.000000236. The molecule has 1 unspecified atom stereocenters. The van der Waals surface area contributed by atoms with E-state index >= 15 is 0 Å². The summed E-state index contributed by atoms with van der Waals surface area (Å²) in [5.74, 6) is 9.55. The van der Waals surface area contributed by atoms with Crippen molar-refractivity contribution in [2.24, 2.45) is 103 Å². The number of amides is 2. The highest BCUT2D eigenvalue weighted by molar-refractivity contribution is 7.44. The van der Waals surface area contributed by atoms with Gasteiger partial charge < -0.3 is 33.3 Å². The molecule has 16 heteroatoms. The van der Waals surface area contributed by atoms with Crippen LogP contribution in [0.25, 0.3) is 0 Å². The van der Waals surface area contributed by atoms with E-state index in [1.54, 1.807) is 23.0 Å². The van der Waals surface area contributed by atoms with E-state index in [1.807, 2.05) is 11.8 Å². The number of hydrogen-bond donors (Lipinski definition) is 0. The normalized spacial score (nSPS) is 35.2. The van der Waals surface area contributed by atoms with E-state index in [9.17, 15) is 19.2 Å². The van der Waals surface area contributed by atoms with Crippen LogP contribution in [-0.2, 0) is 42.6 Å². The van der Waals surface area contributed by atoms with Gasteiger partial charge in [0.05, 0.1) is 49.6 Å². The zero-order valence-corrected chi connectivity index (χ0v) is 67.5. The van der Waals surface area contributed by atoms with Crippen molar-refractivity contribution in [2.75, 3.05) is 32.9 Å². The second-order valence-electron chi connectivity index (χ2n) is 36.3. The van der Waals surface area contributed by atoms with E-state index in [2.05, 4.69) is 137 Å². The van der Waals surface area contributed by atoms with Crippen LogP contribution in [0.1, 0.15) is 310 Å². The number of oxime groups is 2. The Morgan fingerprint density at radius 1 is 0.614 bits per heavy atom. The molecule has 0 spiro atoms. The number of carbonyl (C=O) groups is 4. The first-order valence-corrected chi connectivity index (χ1v) is 42.5. The summed E-state index contributed by atoms with van der Waals surface area (Å²) in [5.41, 5.74) is 6.81. The summed E-state index contributed by atoms with van der Waals surface area (Å²) < 4.78 is 20.6. The van der Waals surface area contributed by atoms with Gasteiger partial charge in [0.2, 0.25) is 0 Å². The van der Waals surface area contributed by atoms with Gasteiger partial charge in [-0.1, -0.05) is 162 Å². The highest BCUT2D eigenvalue weighted by Crippen LogP contribution is 2.69. The molecular weight excluding hydrogens is 1280 g/mol. The number of allylic oxidation sites excluding steroid dienone is 4. The number of fused-ring (bicyclic) bond motifs is 10. The average Bonchev–Trinajstić information content (AvgIpc) is 1.70. The van der Waals surface area contributed by atoms with Crippen molar-refractivity contribution in [3.63, 3.8) is 0 Å². The fourth-order valence-corrected chi connectivity index (χ4v) is 24.8. The van der Waals surface area contributed by atoms with Gasteiger partial charge in [0.1, 0.15) is 11.9 Å². The van der Waals surface area contributed by atoms with Gasteiger partial charge in [0.25, 0.3) is 20.3 Å². The molecule has 2 amide bonds. The summed E-state index contributed by atoms with van der Waals surface area (Å²) in [4.78, 5) is 65.8. The van der Waals surface area contributed by atoms with E-state index in [4.69, 9.17) is 28.7 Å². The van der Waals surface area contributed by atoms with E-state index < -0.39 is 8.53 Å². The lowest BCUT2D eigenvalue weighted by molar-refractivity contribution is -0.150. The Kier molecular flexibility index (Phi) is 29.2. The molecule has 2 heterocycles. The van der Waals surface area contributed by atoms with Gasteiger partial charge in [-0.2, -0.15) is 5.26 Å². The maximum Gasteiger partial charge on any atom is 0.306 e. The summed E-state index contributed by atoms with van der Waals surface area (Å²) in [6.45, 7) is 40.7. The number of esters is 1. The number of likely N-dealkylation sites (tertiary alicyclic amines) is 2. The molecule has 0 radical (unpaired) electrons. The smallest absolute Gasteiger partial charge is 0.306 e. The number of nitriles is 1. The largest absolute Gasteiger partial charge is 0.460 e. The van der Waals surface area contributed by atoms with Crippen LogP contribution in [0, 0.1) is 104 Å². The zero-order chi connectivity index (χ0) is 73.1. The van der Waals surface area contributed by atoms with Gasteiger partial charge in [-0.25, -0.2) is 4.67 Å². The fraction of sp³-hybridized carbons (Fsp3) is 0.871. The van der Waals surface area contributed by atoms with Crippen molar-refractivity contribution in [3.05, 3.63) is 23.3 Å². The van der Waals surface area contributed by atoms with Gasteiger partial charge in [0.15, 0.2) is 13.2 Å². The van der Waals surface area contributed by atoms with Crippen LogP contribution in [0.2, 0.25) is 0 Å². The first-order valence-electron chi connectivity index (χ1n) is 41.4. The summed E-state index contributed by atoms with van der Waals surface area (Å²) in [6.07, 6.45) is 36.7. The van der Waals surface area contributed by atoms with Crippen molar-refractivity contribution < 1.29 is 42.6 Å². The van der Waals surface area contributed by atoms with Crippen LogP contribution in [-0.4, -0.2) is 119 Å². The Hall–Kier alpha value is -3.70. The molecule has 2 saturated heterocycles. The van der Waals surface area contributed by atoms with Gasteiger partial charge >= 0.3 is 5.97 Å². The Morgan fingerprint density at radius 2 is 1.08 bits per heavy atom. The summed E-state index contributed by atoms with van der Waals surface area (Å²) in [7, 11) is -1.35. The van der Waals surface area contributed by atoms with Gasteiger partial charge in [-0.3, -0.25) is 19.2 Å². The molecule has 6 saturated carbocycles. The topological polar surface area (TPSA) is 173 Å². The predicted octanol–water partition coefficient (Wildman–Crippen LogP) is 20.2. The first kappa shape index (κ1) is 81.4. The monoisotopic (exact) mass is 1420 g/mol. The minimum Gasteiger partial charge on any atom is -0.460 e. The van der Waals surface area contributed by atoms with E-state index in [1.165, 1.54) is 103 Å². The number of rotatable bonds is 31. The Bertz CT molecular complexity index is 2930. The van der Waals surface area contributed by atoms with Gasteiger partial charge in [-0.05, 0) is 230 Å². The third-order valence-electron chi connectivity index (χ3n) is 28.6. The molecule has 0 aromatic rings. The molecule has 8 aliphatic carbocycles. The number of Topliss-reactive ketones (excluding diaryl/α,β-unsaturated/α-hetero) is 1. The van der Waals surface area contributed by atoms with Crippen LogP contribution in [0.3, 0.4) is 0 Å². The first-order chi connectivity index (χ1) is 48.1. The van der Waals surface area contributed by atoms with E-state index in [-0.39, 0.29) is 96.8 Å². The van der Waals surface area contributed by atoms with Crippen molar-refractivity contribution >= 4 is 43.5 Å². The molecule has 570 valence electrons. The molecule has 10 rings (SSSR count). The molecular formula is C85H141N6O9P. The van der Waals surface area contributed by atoms with Crippen LogP contribution in [0.5, 0.6) is 0 Å². The van der Waals surface area contributed by atoms with Crippen LogP contribution < -0.4 is 0 Å². The summed E-state index contributed by atoms with van der Waals surface area (Å²) in [5, 5.41) is 18.2. The van der Waals surface area contributed by atoms with E-state index in [0.29, 0.717) is 49.8 Å². The lowest BCUT2D eigenvalue weighted by Gasteiger charge is -2.58. The molecule has 15 nitrogen and oxygen atoms in total. The molecule has 0 aromatic heterocycles. The lowest BCUT2D eigenvalue weighted by atomic mass is 9.47. The van der Waals surface area contributed by atoms with Crippen LogP contribution >= 0.6 is 8.53 Å². The number of carbonyl (C=O) groups excluding carboxylic acids is 4. The molecule has 10 aliphatic rings. The standard InChI is InChI=1S/C44H75N4O4P.C41H66N2O5/c1-11-36-27-37(52-53(51-25-13-24-45)48(31(4)5)32(6)7)28-47(36)42(49)29-50-46-35-20-22-43(9)34(26-35)16-17-38-40-19-18-39(33(8)15-12-14-30(2)3)44(40,10)23-21-41(38)43;1-8-31-24-33(48-39(46)18-14-32(44)9-2)25-43(31)38(45)26-47-42-30-19-21-40(6)29(23-30)13-15-34-36-17-16-35(28(5)12-10-11-27(3)4)41(36,7)22-20-37(34)40/h16,30-33,36-41H,11-15,17-23,25-29H2,1-10H3;13,27-28,31,33-37H,8-12,14-26H2,1-7H3/b46-35+;42-30+/t33-,36-,37-,38+,39-,40+,41+,43+,44-,53?;28-,31-,33-,34+,35-,36+,37+,40+,41-/m11/s1. The van der Waals surface area contributed by atoms with Crippen LogP contribution in [0.4, 0.5) is 0 Å². The SMILES string of the molecule is CCC(=O)CCC(=O)O[C@@H]1C[C@@H](CC)N(C(=O)CO/N=C2\CC[C@@]3(C)C(=CC[C@H]4[C@@H]5CC[C@H]([C@H](C)CCCC(C)C)[C@@]5(C)CC[C@@H]43)C2)C1.CC[C@@H]1C[C@@H](OP(OCCC#N)N(C(C)C)C(C)C)CN1C(=O)CO/N=C1\CC[C@@]2(C)C(=CC[C@H]3[C@@H]4CC[C@H]([C@H](C)CCCC(C)C)[C@@]4(C)CC[C@@H]32)C1. The fourth-order valence-electron chi connectivity index (χ4n) is 23.1. The summed E-state index contributed by atoms with van der Waals surface area (Å²) in [6, 6.07) is 2.75.